The van der Waals surface area contributed by atoms with Crippen LogP contribution in [0.3, 0.4) is 0 Å². The third kappa shape index (κ3) is 2.41. The zero-order valence-electron chi connectivity index (χ0n) is 11.0. The lowest BCUT2D eigenvalue weighted by atomic mass is 10.0. The summed E-state index contributed by atoms with van der Waals surface area (Å²) >= 11 is 0. The molecule has 1 aromatic carbocycles. The van der Waals surface area contributed by atoms with Gasteiger partial charge in [0.1, 0.15) is 0 Å². The molecular formula is C15H20N2. The highest BCUT2D eigenvalue weighted by molar-refractivity contribution is 5.93. The highest BCUT2D eigenvalue weighted by Gasteiger charge is 2.07. The molecule has 0 aliphatic rings. The van der Waals surface area contributed by atoms with E-state index in [-0.39, 0.29) is 0 Å². The van der Waals surface area contributed by atoms with Crippen molar-refractivity contribution in [2.45, 2.75) is 27.2 Å². The van der Waals surface area contributed by atoms with Gasteiger partial charge in [-0.3, -0.25) is 4.98 Å². The summed E-state index contributed by atoms with van der Waals surface area (Å²) in [5.41, 5.74) is 4.71. The van der Waals surface area contributed by atoms with Crippen LogP contribution in [0, 0.1) is 12.8 Å². The Labute approximate surface area is 103 Å². The Bertz CT molecular complexity index is 530. The number of pyridine rings is 1. The molecule has 0 unspecified atom stereocenters. The van der Waals surface area contributed by atoms with Crippen molar-refractivity contribution < 1.29 is 0 Å². The number of hydrogen-bond donors (Lipinski definition) is 1. The molecule has 2 heteroatoms. The summed E-state index contributed by atoms with van der Waals surface area (Å²) in [6, 6.07) is 8.50. The largest absolute Gasteiger partial charge is 0.388 e. The predicted octanol–water partition coefficient (Wildman–Crippen LogP) is 3.78. The third-order valence-corrected chi connectivity index (χ3v) is 2.98. The van der Waals surface area contributed by atoms with Gasteiger partial charge in [-0.1, -0.05) is 32.0 Å². The average molecular weight is 228 g/mol. The summed E-state index contributed by atoms with van der Waals surface area (Å²) < 4.78 is 0. The molecule has 0 aliphatic carbocycles. The standard InChI is InChI=1S/C15H20N2/c1-10(2)8-12-9-14(16-4)13-7-5-6-11(3)15(13)17-12/h5-7,9-10H,8H2,1-4H3,(H,16,17). The first-order valence-electron chi connectivity index (χ1n) is 6.19. The summed E-state index contributed by atoms with van der Waals surface area (Å²) in [5, 5.41) is 4.48. The van der Waals surface area contributed by atoms with Crippen molar-refractivity contribution in [1.29, 1.82) is 0 Å². The Kier molecular flexibility index (Phi) is 3.32. The van der Waals surface area contributed by atoms with Crippen LogP contribution in [-0.4, -0.2) is 12.0 Å². The minimum absolute atomic E-state index is 0.633. The normalized spacial score (nSPS) is 11.1. The van der Waals surface area contributed by atoms with Gasteiger partial charge >= 0.3 is 0 Å². The minimum Gasteiger partial charge on any atom is -0.388 e. The maximum atomic E-state index is 4.78. The fourth-order valence-electron chi connectivity index (χ4n) is 2.17. The Balaban J connectivity index is 2.63. The molecule has 17 heavy (non-hydrogen) atoms. The van der Waals surface area contributed by atoms with Gasteiger partial charge in [-0.15, -0.1) is 0 Å². The first-order chi connectivity index (χ1) is 8.11. The summed E-state index contributed by atoms with van der Waals surface area (Å²) in [4.78, 5) is 4.78. The van der Waals surface area contributed by atoms with Crippen molar-refractivity contribution in [2.75, 3.05) is 12.4 Å². The van der Waals surface area contributed by atoms with Gasteiger partial charge in [-0.25, -0.2) is 0 Å². The molecule has 1 N–H and O–H groups in total. The first kappa shape index (κ1) is 11.9. The fourth-order valence-corrected chi connectivity index (χ4v) is 2.17. The number of aryl methyl sites for hydroxylation is 1. The molecule has 0 aliphatic heterocycles. The highest BCUT2D eigenvalue weighted by Crippen LogP contribution is 2.26. The van der Waals surface area contributed by atoms with Crippen LogP contribution in [0.1, 0.15) is 25.1 Å². The molecule has 0 fully saturated rings. The lowest BCUT2D eigenvalue weighted by Gasteiger charge is -2.12. The number of rotatable bonds is 3. The zero-order chi connectivity index (χ0) is 12.4. The smallest absolute Gasteiger partial charge is 0.0755 e. The zero-order valence-corrected chi connectivity index (χ0v) is 11.0. The highest BCUT2D eigenvalue weighted by atomic mass is 14.8. The molecule has 2 aromatic rings. The Morgan fingerprint density at radius 2 is 2.06 bits per heavy atom. The second-order valence-electron chi connectivity index (χ2n) is 4.98. The van der Waals surface area contributed by atoms with Gasteiger partial charge in [0.15, 0.2) is 0 Å². The van der Waals surface area contributed by atoms with Gasteiger partial charge in [-0.05, 0) is 30.9 Å². The van der Waals surface area contributed by atoms with E-state index in [1.54, 1.807) is 0 Å². The van der Waals surface area contributed by atoms with Crippen LogP contribution >= 0.6 is 0 Å². The number of benzene rings is 1. The van der Waals surface area contributed by atoms with E-state index in [1.807, 2.05) is 7.05 Å². The topological polar surface area (TPSA) is 24.9 Å². The average Bonchev–Trinajstić information content (AvgIpc) is 2.28. The maximum Gasteiger partial charge on any atom is 0.0755 e. The Morgan fingerprint density at radius 3 is 2.71 bits per heavy atom. The number of fused-ring (bicyclic) bond motifs is 1. The van der Waals surface area contributed by atoms with Gasteiger partial charge in [0, 0.05) is 23.8 Å². The van der Waals surface area contributed by atoms with Crippen LogP contribution in [0.15, 0.2) is 24.3 Å². The molecule has 1 aromatic heterocycles. The lowest BCUT2D eigenvalue weighted by molar-refractivity contribution is 0.637. The SMILES string of the molecule is CNc1cc(CC(C)C)nc2c(C)cccc12. The summed E-state index contributed by atoms with van der Waals surface area (Å²) in [6.45, 7) is 6.57. The summed E-state index contributed by atoms with van der Waals surface area (Å²) in [5.74, 6) is 0.633. The molecule has 90 valence electrons. The molecule has 0 amide bonds. The van der Waals surface area contributed by atoms with Gasteiger partial charge < -0.3 is 5.32 Å². The number of para-hydroxylation sites is 1. The van der Waals surface area contributed by atoms with E-state index < -0.39 is 0 Å². The molecule has 1 heterocycles. The van der Waals surface area contributed by atoms with Gasteiger partial charge in [-0.2, -0.15) is 0 Å². The Morgan fingerprint density at radius 1 is 1.29 bits per heavy atom. The van der Waals surface area contributed by atoms with Crippen molar-refractivity contribution >= 4 is 16.6 Å². The van der Waals surface area contributed by atoms with Gasteiger partial charge in [0.2, 0.25) is 0 Å². The molecule has 0 saturated heterocycles. The Hall–Kier alpha value is -1.57. The number of nitrogens with zero attached hydrogens (tertiary/aromatic N) is 1. The molecule has 0 radical (unpaired) electrons. The van der Waals surface area contributed by atoms with Crippen molar-refractivity contribution in [3.05, 3.63) is 35.5 Å². The van der Waals surface area contributed by atoms with Crippen LogP contribution in [0.2, 0.25) is 0 Å². The van der Waals surface area contributed by atoms with Crippen LogP contribution in [-0.2, 0) is 6.42 Å². The predicted molar refractivity (Wildman–Crippen MR) is 74.6 cm³/mol. The number of nitrogens with one attached hydrogen (secondary N) is 1. The number of anilines is 1. The van der Waals surface area contributed by atoms with E-state index in [0.29, 0.717) is 5.92 Å². The van der Waals surface area contributed by atoms with Gasteiger partial charge in [0.05, 0.1) is 5.52 Å². The monoisotopic (exact) mass is 228 g/mol. The van der Waals surface area contributed by atoms with E-state index in [2.05, 4.69) is 50.4 Å². The molecule has 0 atom stereocenters. The quantitative estimate of drug-likeness (QED) is 0.864. The van der Waals surface area contributed by atoms with Crippen LogP contribution < -0.4 is 5.32 Å². The molecular weight excluding hydrogens is 208 g/mol. The second kappa shape index (κ2) is 4.74. The summed E-state index contributed by atoms with van der Waals surface area (Å²) in [7, 11) is 1.97. The first-order valence-corrected chi connectivity index (χ1v) is 6.19. The number of aromatic nitrogens is 1. The summed E-state index contributed by atoms with van der Waals surface area (Å²) in [6.07, 6.45) is 1.03. The van der Waals surface area contributed by atoms with E-state index >= 15 is 0 Å². The minimum atomic E-state index is 0.633. The van der Waals surface area contributed by atoms with Crippen molar-refractivity contribution in [2.24, 2.45) is 5.92 Å². The molecule has 0 spiro atoms. The van der Waals surface area contributed by atoms with Crippen LogP contribution in [0.25, 0.3) is 10.9 Å². The van der Waals surface area contributed by atoms with E-state index in [9.17, 15) is 0 Å². The van der Waals surface area contributed by atoms with E-state index in [0.717, 1.165) is 11.9 Å². The van der Waals surface area contributed by atoms with E-state index in [1.165, 1.54) is 22.3 Å². The van der Waals surface area contributed by atoms with Crippen molar-refractivity contribution in [3.63, 3.8) is 0 Å². The van der Waals surface area contributed by atoms with Crippen LogP contribution in [0.4, 0.5) is 5.69 Å². The molecule has 0 saturated carbocycles. The fraction of sp³-hybridized carbons (Fsp3) is 0.400. The molecule has 0 bridgehead atoms. The molecule has 2 rings (SSSR count). The maximum absolute atomic E-state index is 4.78. The molecule has 2 nitrogen and oxygen atoms in total. The second-order valence-corrected chi connectivity index (χ2v) is 4.98. The van der Waals surface area contributed by atoms with Crippen LogP contribution in [0.5, 0.6) is 0 Å². The van der Waals surface area contributed by atoms with Gasteiger partial charge in [0.25, 0.3) is 0 Å². The van der Waals surface area contributed by atoms with E-state index in [4.69, 9.17) is 4.98 Å². The number of hydrogen-bond acceptors (Lipinski definition) is 2. The van der Waals surface area contributed by atoms with Crippen molar-refractivity contribution in [1.82, 2.24) is 4.98 Å². The lowest BCUT2D eigenvalue weighted by Crippen LogP contribution is -2.01. The van der Waals surface area contributed by atoms with Crippen molar-refractivity contribution in [3.8, 4) is 0 Å². The third-order valence-electron chi connectivity index (χ3n) is 2.98.